The number of piperidine rings is 1. The van der Waals surface area contributed by atoms with Gasteiger partial charge in [0.2, 0.25) is 17.7 Å². The summed E-state index contributed by atoms with van der Waals surface area (Å²) in [5.41, 5.74) is -0.543. The van der Waals surface area contributed by atoms with Crippen molar-refractivity contribution >= 4 is 75.3 Å². The third-order valence-electron chi connectivity index (χ3n) is 10.7. The minimum absolute atomic E-state index is 0.0113. The Bertz CT molecular complexity index is 2220. The second kappa shape index (κ2) is 17.5. The molecule has 3 aliphatic rings. The van der Waals surface area contributed by atoms with Crippen molar-refractivity contribution in [1.82, 2.24) is 15.1 Å². The van der Waals surface area contributed by atoms with E-state index < -0.39 is 40.7 Å². The van der Waals surface area contributed by atoms with Crippen molar-refractivity contribution in [2.24, 2.45) is 0 Å². The summed E-state index contributed by atoms with van der Waals surface area (Å²) in [6.07, 6.45) is -3.62. The highest BCUT2D eigenvalue weighted by Gasteiger charge is 2.51. The quantitative estimate of drug-likeness (QED) is 0.147. The number of rotatable bonds is 12. The maximum atomic E-state index is 13.8. The number of aryl methyl sites for hydroxylation is 1. The number of anilines is 4. The van der Waals surface area contributed by atoms with Crippen LogP contribution in [0.2, 0.25) is 5.02 Å². The van der Waals surface area contributed by atoms with Crippen LogP contribution in [0.5, 0.6) is 5.75 Å². The highest BCUT2D eigenvalue weighted by atomic mass is 35.5. The first kappa shape index (κ1) is 43.3. The first-order chi connectivity index (χ1) is 27.9. The van der Waals surface area contributed by atoms with Crippen molar-refractivity contribution in [1.29, 1.82) is 5.26 Å². The summed E-state index contributed by atoms with van der Waals surface area (Å²) < 4.78 is 47.6. The largest absolute Gasteiger partial charge is 0.492 e. The number of halogens is 4. The Hall–Kier alpha value is -5.28. The van der Waals surface area contributed by atoms with Gasteiger partial charge in [0.1, 0.15) is 23.9 Å². The van der Waals surface area contributed by atoms with Crippen molar-refractivity contribution in [3.8, 4) is 11.8 Å². The van der Waals surface area contributed by atoms with Gasteiger partial charge in [0, 0.05) is 60.7 Å². The summed E-state index contributed by atoms with van der Waals surface area (Å²) in [4.78, 5) is 57.5. The maximum absolute atomic E-state index is 13.8. The van der Waals surface area contributed by atoms with Gasteiger partial charge in [-0.05, 0) is 106 Å². The summed E-state index contributed by atoms with van der Waals surface area (Å²) >= 11 is 12.0. The molecule has 4 amide bonds. The van der Waals surface area contributed by atoms with Gasteiger partial charge in [0.15, 0.2) is 5.11 Å². The molecule has 0 bridgehead atoms. The molecule has 2 atom stereocenters. The Kier molecular flexibility index (Phi) is 12.9. The van der Waals surface area contributed by atoms with E-state index in [-0.39, 0.29) is 41.6 Å². The third-order valence-corrected chi connectivity index (χ3v) is 11.2. The molecule has 3 N–H and O–H groups in total. The fourth-order valence-electron chi connectivity index (χ4n) is 7.54. The summed E-state index contributed by atoms with van der Waals surface area (Å²) in [5, 5.41) is 17.9. The molecule has 312 valence electrons. The van der Waals surface area contributed by atoms with Gasteiger partial charge in [0.05, 0.1) is 29.4 Å². The van der Waals surface area contributed by atoms with Crippen LogP contribution in [0.1, 0.15) is 57.2 Å². The molecule has 13 nitrogen and oxygen atoms in total. The summed E-state index contributed by atoms with van der Waals surface area (Å²) in [6.45, 7) is 10.6. The lowest BCUT2D eigenvalue weighted by atomic mass is 10.0. The predicted molar refractivity (Wildman–Crippen MR) is 221 cm³/mol. The first-order valence-electron chi connectivity index (χ1n) is 19.1. The summed E-state index contributed by atoms with van der Waals surface area (Å²) in [5.74, 6) is -0.781. The number of nitrogens with one attached hydrogen (secondary N) is 3. The van der Waals surface area contributed by atoms with Gasteiger partial charge >= 0.3 is 6.18 Å². The number of carbonyl (C=O) groups is 4. The fourth-order valence-corrected chi connectivity index (χ4v) is 8.29. The molecule has 0 spiro atoms. The lowest BCUT2D eigenvalue weighted by Gasteiger charge is -2.39. The monoisotopic (exact) mass is 852 g/mol. The minimum atomic E-state index is -4.80. The number of ether oxygens (including phenoxy) is 1. The molecule has 3 heterocycles. The molecule has 2 unspecified atom stereocenters. The van der Waals surface area contributed by atoms with Gasteiger partial charge in [-0.15, -0.1) is 0 Å². The molecule has 3 aliphatic heterocycles. The van der Waals surface area contributed by atoms with Gasteiger partial charge in [-0.25, -0.2) is 0 Å². The van der Waals surface area contributed by atoms with E-state index in [1.807, 2.05) is 13.0 Å². The smallest absolute Gasteiger partial charge is 0.417 e. The van der Waals surface area contributed by atoms with Crippen LogP contribution in [0.25, 0.3) is 0 Å². The van der Waals surface area contributed by atoms with E-state index in [9.17, 15) is 37.6 Å². The molecule has 0 aliphatic carbocycles. The molecule has 18 heteroatoms. The van der Waals surface area contributed by atoms with Crippen LogP contribution in [0, 0.1) is 11.3 Å². The van der Waals surface area contributed by atoms with Gasteiger partial charge in [-0.1, -0.05) is 18.5 Å². The van der Waals surface area contributed by atoms with Gasteiger partial charge < -0.3 is 20.3 Å². The standard InChI is InChI=1S/C41H44ClF3N8O5S/c1-5-25-16-31(53-39(59)52(38(57)40(53,3)4)30-7-6-26(21-46)32(20-30)41(43,44)45)8-10-34(25)58-15-14-50-12-13-51(24(2)22-50)23-36(55)48-29-18-27(42)17-28(19-29)47-33-9-11-35(54)49-37(33)56/h6-8,10,16-20,24,33,47H,5,9,11-15,22-23H2,1-4H3,(H,48,55)(H,49,54,56). The van der Waals surface area contributed by atoms with Gasteiger partial charge in [-0.2, -0.15) is 18.4 Å². The highest BCUT2D eigenvalue weighted by Crippen LogP contribution is 2.40. The molecule has 3 aromatic carbocycles. The number of nitriles is 1. The number of carbonyl (C=O) groups excluding carboxylic acids is 4. The molecule has 3 fully saturated rings. The number of amides is 4. The number of benzene rings is 3. The fraction of sp³-hybridized carbons (Fsp3) is 0.415. The number of hydrogen-bond donors (Lipinski definition) is 3. The predicted octanol–water partition coefficient (Wildman–Crippen LogP) is 5.95. The highest BCUT2D eigenvalue weighted by molar-refractivity contribution is 7.81. The Morgan fingerprint density at radius 2 is 1.80 bits per heavy atom. The Labute approximate surface area is 350 Å². The Morgan fingerprint density at radius 1 is 1.07 bits per heavy atom. The number of piperazine rings is 1. The zero-order chi connectivity index (χ0) is 42.8. The van der Waals surface area contributed by atoms with Crippen LogP contribution >= 0.6 is 23.8 Å². The molecular formula is C41H44ClF3N8O5S. The van der Waals surface area contributed by atoms with E-state index in [0.717, 1.165) is 22.6 Å². The molecule has 0 saturated carbocycles. The van der Waals surface area contributed by atoms with E-state index in [4.69, 9.17) is 28.6 Å². The average molecular weight is 853 g/mol. The Morgan fingerprint density at radius 3 is 2.47 bits per heavy atom. The molecule has 59 heavy (non-hydrogen) atoms. The van der Waals surface area contributed by atoms with E-state index in [1.54, 1.807) is 55.1 Å². The summed E-state index contributed by atoms with van der Waals surface area (Å²) in [7, 11) is 0. The number of imide groups is 1. The van der Waals surface area contributed by atoms with E-state index in [0.29, 0.717) is 73.5 Å². The number of hydrogen-bond acceptors (Lipinski definition) is 10. The zero-order valence-corrected chi connectivity index (χ0v) is 34.5. The molecule has 0 radical (unpaired) electrons. The van der Waals surface area contributed by atoms with Crippen molar-refractivity contribution in [3.63, 3.8) is 0 Å². The number of alkyl halides is 3. The molecule has 3 aromatic rings. The van der Waals surface area contributed by atoms with Gasteiger partial charge in [0.25, 0.3) is 5.91 Å². The maximum Gasteiger partial charge on any atom is 0.417 e. The molecule has 3 saturated heterocycles. The molecular weight excluding hydrogens is 809 g/mol. The lowest BCUT2D eigenvalue weighted by molar-refractivity contribution is -0.138. The summed E-state index contributed by atoms with van der Waals surface area (Å²) in [6, 6.07) is 14.6. The second-order valence-electron chi connectivity index (χ2n) is 15.2. The second-order valence-corrected chi connectivity index (χ2v) is 16.0. The minimum Gasteiger partial charge on any atom is -0.492 e. The van der Waals surface area contributed by atoms with Crippen LogP contribution < -0.4 is 30.5 Å². The van der Waals surface area contributed by atoms with E-state index in [1.165, 1.54) is 6.07 Å². The van der Waals surface area contributed by atoms with Gasteiger partial charge in [-0.3, -0.25) is 39.2 Å². The SMILES string of the molecule is CCc1cc(N2C(=S)N(c3ccc(C#N)c(C(F)(F)F)c3)C(=O)C2(C)C)ccc1OCCN1CCN(CC(=O)Nc2cc(Cl)cc(NC3CCC(=O)NC3=O)c2)C(C)C1. The normalized spacial score (nSPS) is 20.1. The number of thiocarbonyl (C=S) groups is 1. The topological polar surface area (TPSA) is 150 Å². The zero-order valence-electron chi connectivity index (χ0n) is 32.9. The lowest BCUT2D eigenvalue weighted by Crippen LogP contribution is -2.54. The van der Waals surface area contributed by atoms with Crippen LogP contribution in [-0.4, -0.2) is 95.5 Å². The average Bonchev–Trinajstić information content (AvgIpc) is 3.34. The van der Waals surface area contributed by atoms with E-state index in [2.05, 4.69) is 32.7 Å². The van der Waals surface area contributed by atoms with Crippen molar-refractivity contribution in [2.45, 2.75) is 70.8 Å². The van der Waals surface area contributed by atoms with Crippen molar-refractivity contribution in [2.75, 3.05) is 59.8 Å². The van der Waals surface area contributed by atoms with E-state index >= 15 is 0 Å². The third kappa shape index (κ3) is 9.62. The van der Waals surface area contributed by atoms with Crippen LogP contribution in [0.4, 0.5) is 35.9 Å². The van der Waals surface area contributed by atoms with Crippen LogP contribution in [0.15, 0.2) is 54.6 Å². The Balaban J connectivity index is 1.02. The molecule has 6 rings (SSSR count). The van der Waals surface area contributed by atoms with Crippen molar-refractivity contribution < 1.29 is 37.1 Å². The van der Waals surface area contributed by atoms with Crippen LogP contribution in [0.3, 0.4) is 0 Å². The van der Waals surface area contributed by atoms with Crippen molar-refractivity contribution in [3.05, 3.63) is 76.3 Å². The first-order valence-corrected chi connectivity index (χ1v) is 19.9. The number of nitrogens with zero attached hydrogens (tertiary/aromatic N) is 5. The van der Waals surface area contributed by atoms with Crippen LogP contribution in [-0.2, 0) is 31.8 Å². The molecule has 0 aromatic heterocycles.